The van der Waals surface area contributed by atoms with E-state index in [0.717, 1.165) is 44.5 Å². The molecule has 0 saturated carbocycles. The van der Waals surface area contributed by atoms with E-state index in [1.165, 1.54) is 16.7 Å². The maximum Gasteiger partial charge on any atom is 0.222 e. The van der Waals surface area contributed by atoms with Gasteiger partial charge in [0.1, 0.15) is 5.75 Å². The second-order valence-corrected chi connectivity index (χ2v) is 8.38. The second-order valence-electron chi connectivity index (χ2n) is 8.38. The van der Waals surface area contributed by atoms with Crippen LogP contribution >= 0.6 is 0 Å². The summed E-state index contributed by atoms with van der Waals surface area (Å²) in [4.78, 5) is 19.3. The molecule has 4 rings (SSSR count). The Hall–Kier alpha value is -2.44. The van der Waals surface area contributed by atoms with Crippen LogP contribution < -0.4 is 15.6 Å². The lowest BCUT2D eigenvalue weighted by molar-refractivity contribution is -0.132. The van der Waals surface area contributed by atoms with Crippen molar-refractivity contribution in [3.8, 4) is 5.75 Å². The van der Waals surface area contributed by atoms with Gasteiger partial charge in [-0.05, 0) is 73.6 Å². The van der Waals surface area contributed by atoms with Crippen LogP contribution in [0.3, 0.4) is 0 Å². The second kappa shape index (κ2) is 9.58. The number of methoxy groups -OCH3 is 1. The average Bonchev–Trinajstić information content (AvgIpc) is 3.44. The Morgan fingerprint density at radius 3 is 2.87 bits per heavy atom. The largest absolute Gasteiger partial charge is 0.497 e. The summed E-state index contributed by atoms with van der Waals surface area (Å²) in [6.45, 7) is 3.85. The lowest BCUT2D eigenvalue weighted by Crippen LogP contribution is -2.49. The van der Waals surface area contributed by atoms with Gasteiger partial charge >= 0.3 is 0 Å². The molecule has 2 aliphatic rings. The molecule has 0 radical (unpaired) electrons. The van der Waals surface area contributed by atoms with Crippen molar-refractivity contribution in [1.29, 1.82) is 0 Å². The van der Waals surface area contributed by atoms with Crippen molar-refractivity contribution in [2.24, 2.45) is 0 Å². The van der Waals surface area contributed by atoms with E-state index in [0.29, 0.717) is 12.3 Å². The third kappa shape index (κ3) is 4.50. The molecule has 160 valence electrons. The molecular formula is C24H32N4O2. The number of carbonyl (C=O) groups excluding carboxylic acids is 1. The van der Waals surface area contributed by atoms with Crippen LogP contribution in [0.2, 0.25) is 0 Å². The minimum atomic E-state index is 0.239. The Morgan fingerprint density at radius 2 is 2.10 bits per heavy atom. The van der Waals surface area contributed by atoms with Gasteiger partial charge in [0, 0.05) is 49.9 Å². The summed E-state index contributed by atoms with van der Waals surface area (Å²) in [6, 6.07) is 10.8. The van der Waals surface area contributed by atoms with Gasteiger partial charge < -0.3 is 9.64 Å². The van der Waals surface area contributed by atoms with Crippen LogP contribution in [0.15, 0.2) is 42.7 Å². The van der Waals surface area contributed by atoms with Gasteiger partial charge in [0.2, 0.25) is 5.91 Å². The van der Waals surface area contributed by atoms with E-state index in [-0.39, 0.29) is 18.0 Å². The van der Waals surface area contributed by atoms with E-state index in [9.17, 15) is 4.79 Å². The highest BCUT2D eigenvalue weighted by molar-refractivity contribution is 5.77. The molecule has 2 N–H and O–H groups in total. The number of nitrogens with one attached hydrogen (secondary N) is 2. The fraction of sp³-hybridized carbons (Fsp3) is 0.500. The molecule has 2 aliphatic heterocycles. The van der Waals surface area contributed by atoms with Crippen LogP contribution in [-0.4, -0.2) is 48.1 Å². The van der Waals surface area contributed by atoms with E-state index >= 15 is 0 Å². The first-order valence-electron chi connectivity index (χ1n) is 11.0. The smallest absolute Gasteiger partial charge is 0.222 e. The number of hydrazine groups is 1. The molecule has 3 atom stereocenters. The maximum atomic E-state index is 13.1. The van der Waals surface area contributed by atoms with Crippen LogP contribution in [0, 0.1) is 6.92 Å². The molecule has 6 heteroatoms. The highest BCUT2D eigenvalue weighted by Gasteiger charge is 2.41. The first-order valence-corrected chi connectivity index (χ1v) is 11.0. The zero-order valence-electron chi connectivity index (χ0n) is 17.9. The van der Waals surface area contributed by atoms with Crippen LogP contribution in [0.1, 0.15) is 48.3 Å². The fourth-order valence-electron chi connectivity index (χ4n) is 4.94. The summed E-state index contributed by atoms with van der Waals surface area (Å²) in [5.74, 6) is 1.52. The van der Waals surface area contributed by atoms with Crippen LogP contribution in [-0.2, 0) is 11.2 Å². The number of benzene rings is 1. The number of aryl methyl sites for hydroxylation is 2. The number of likely N-dealkylation sites (tertiary alicyclic amines) is 1. The highest BCUT2D eigenvalue weighted by Crippen LogP contribution is 2.31. The first kappa shape index (κ1) is 20.8. The monoisotopic (exact) mass is 408 g/mol. The summed E-state index contributed by atoms with van der Waals surface area (Å²) < 4.78 is 5.29. The third-order valence-corrected chi connectivity index (χ3v) is 6.58. The number of hydrogen-bond donors (Lipinski definition) is 2. The van der Waals surface area contributed by atoms with Gasteiger partial charge in [-0.15, -0.1) is 0 Å². The summed E-state index contributed by atoms with van der Waals surface area (Å²) in [6.07, 6.45) is 8.23. The number of hydrogen-bond acceptors (Lipinski definition) is 5. The van der Waals surface area contributed by atoms with Crippen molar-refractivity contribution >= 4 is 5.91 Å². The van der Waals surface area contributed by atoms with Gasteiger partial charge in [-0.25, -0.2) is 0 Å². The normalized spacial score (nSPS) is 23.7. The molecule has 30 heavy (non-hydrogen) atoms. The summed E-state index contributed by atoms with van der Waals surface area (Å²) in [5.41, 5.74) is 10.6. The average molecular weight is 409 g/mol. The van der Waals surface area contributed by atoms with Gasteiger partial charge in [-0.1, -0.05) is 6.07 Å². The molecule has 0 bridgehead atoms. The summed E-state index contributed by atoms with van der Waals surface area (Å²) >= 11 is 0. The molecular weight excluding hydrogens is 376 g/mol. The molecule has 1 aromatic heterocycles. The molecule has 2 saturated heterocycles. The molecule has 3 heterocycles. The Labute approximate surface area is 179 Å². The highest BCUT2D eigenvalue weighted by atomic mass is 16.5. The first-order chi connectivity index (χ1) is 14.7. The van der Waals surface area contributed by atoms with Gasteiger partial charge in [0.25, 0.3) is 0 Å². The molecule has 0 aliphatic carbocycles. The lowest BCUT2D eigenvalue weighted by atomic mass is 9.88. The van der Waals surface area contributed by atoms with E-state index < -0.39 is 0 Å². The topological polar surface area (TPSA) is 66.5 Å². The van der Waals surface area contributed by atoms with Crippen LogP contribution in [0.5, 0.6) is 5.75 Å². The number of amides is 1. The number of aromatic nitrogens is 1. The molecule has 2 aromatic rings. The zero-order chi connectivity index (χ0) is 20.9. The number of ether oxygens (including phenoxy) is 1. The predicted molar refractivity (Wildman–Crippen MR) is 117 cm³/mol. The standard InChI is InChI=1S/C24H32N4O2/c1-17-15-20(30-2)9-8-18(17)5-3-7-23(29)28-14-4-6-22(28)24-21(16-26-27-24)19-10-12-25-13-11-19/h8-13,15,21-22,24,26-27H,3-7,14,16H2,1-2H3. The van der Waals surface area contributed by atoms with Crippen molar-refractivity contribution in [2.75, 3.05) is 20.2 Å². The van der Waals surface area contributed by atoms with E-state index in [1.54, 1.807) is 7.11 Å². The SMILES string of the molecule is COc1ccc(CCCC(=O)N2CCCC2C2NNCC2c2ccncc2)c(C)c1. The Morgan fingerprint density at radius 1 is 1.27 bits per heavy atom. The molecule has 1 amide bonds. The van der Waals surface area contributed by atoms with Crippen molar-refractivity contribution in [3.05, 3.63) is 59.4 Å². The lowest BCUT2D eigenvalue weighted by Gasteiger charge is -2.32. The van der Waals surface area contributed by atoms with Crippen molar-refractivity contribution in [3.63, 3.8) is 0 Å². The maximum absolute atomic E-state index is 13.1. The molecule has 0 spiro atoms. The van der Waals surface area contributed by atoms with Crippen molar-refractivity contribution < 1.29 is 9.53 Å². The molecule has 6 nitrogen and oxygen atoms in total. The summed E-state index contributed by atoms with van der Waals surface area (Å²) in [7, 11) is 1.69. The Bertz CT molecular complexity index is 858. The van der Waals surface area contributed by atoms with E-state index in [2.05, 4.69) is 51.9 Å². The fourth-order valence-corrected chi connectivity index (χ4v) is 4.94. The number of nitrogens with zero attached hydrogens (tertiary/aromatic N) is 2. The van der Waals surface area contributed by atoms with Gasteiger partial charge in [-0.3, -0.25) is 20.6 Å². The zero-order valence-corrected chi connectivity index (χ0v) is 17.9. The van der Waals surface area contributed by atoms with E-state index in [4.69, 9.17) is 4.74 Å². The summed E-state index contributed by atoms with van der Waals surface area (Å²) in [5, 5.41) is 0. The minimum Gasteiger partial charge on any atom is -0.497 e. The molecule has 1 aromatic carbocycles. The molecule has 2 fully saturated rings. The van der Waals surface area contributed by atoms with Crippen LogP contribution in [0.4, 0.5) is 0 Å². The van der Waals surface area contributed by atoms with Crippen molar-refractivity contribution in [2.45, 2.75) is 57.0 Å². The minimum absolute atomic E-state index is 0.239. The van der Waals surface area contributed by atoms with Crippen LogP contribution in [0.25, 0.3) is 0 Å². The van der Waals surface area contributed by atoms with Gasteiger partial charge in [0.05, 0.1) is 7.11 Å². The van der Waals surface area contributed by atoms with Crippen molar-refractivity contribution in [1.82, 2.24) is 20.7 Å². The Kier molecular flexibility index (Phi) is 6.65. The third-order valence-electron chi connectivity index (χ3n) is 6.58. The van der Waals surface area contributed by atoms with E-state index in [1.807, 2.05) is 18.5 Å². The van der Waals surface area contributed by atoms with Gasteiger partial charge in [0.15, 0.2) is 0 Å². The predicted octanol–water partition coefficient (Wildman–Crippen LogP) is 2.97. The number of rotatable bonds is 7. The molecule has 3 unspecified atom stereocenters. The number of pyridine rings is 1. The number of carbonyl (C=O) groups is 1. The Balaban J connectivity index is 1.35. The quantitative estimate of drug-likeness (QED) is 0.737. The van der Waals surface area contributed by atoms with Gasteiger partial charge in [-0.2, -0.15) is 0 Å².